The van der Waals surface area contributed by atoms with E-state index in [0.717, 1.165) is 5.56 Å². The van der Waals surface area contributed by atoms with Gasteiger partial charge in [0.05, 0.1) is 18.6 Å². The van der Waals surface area contributed by atoms with Gasteiger partial charge < -0.3 is 4.74 Å². The lowest BCUT2D eigenvalue weighted by molar-refractivity contribution is -0.140. The maximum Gasteiger partial charge on any atom is 0.305 e. The number of carbonyl (C=O) groups is 1. The van der Waals surface area contributed by atoms with E-state index in [1.165, 1.54) is 7.11 Å². The van der Waals surface area contributed by atoms with Crippen molar-refractivity contribution < 1.29 is 17.9 Å². The summed E-state index contributed by atoms with van der Waals surface area (Å²) in [4.78, 5) is 10.9. The van der Waals surface area contributed by atoms with E-state index in [1.54, 1.807) is 25.1 Å². The van der Waals surface area contributed by atoms with E-state index in [9.17, 15) is 13.2 Å². The standard InChI is InChI=1S/C12H16ClNO4S/c1-9-8-10(13)5-6-11(9)14-19(16,17)7-3-4-12(15)18-2/h5-6,8,14H,3-4,7H2,1-2H3. The molecule has 0 aliphatic rings. The average molecular weight is 306 g/mol. The van der Waals surface area contributed by atoms with Crippen LogP contribution in [-0.4, -0.2) is 27.2 Å². The molecule has 0 bridgehead atoms. The van der Waals surface area contributed by atoms with Crippen molar-refractivity contribution in [1.29, 1.82) is 0 Å². The van der Waals surface area contributed by atoms with Gasteiger partial charge in [0.1, 0.15) is 0 Å². The number of carbonyl (C=O) groups excluding carboxylic acids is 1. The van der Waals surface area contributed by atoms with Gasteiger partial charge in [-0.2, -0.15) is 0 Å². The zero-order valence-electron chi connectivity index (χ0n) is 10.8. The Morgan fingerprint density at radius 2 is 2.11 bits per heavy atom. The maximum atomic E-state index is 11.8. The van der Waals surface area contributed by atoms with Gasteiger partial charge in [-0.1, -0.05) is 11.6 Å². The Bertz CT molecular complexity index is 557. The number of rotatable bonds is 6. The highest BCUT2D eigenvalue weighted by atomic mass is 35.5. The molecule has 0 saturated carbocycles. The van der Waals surface area contributed by atoms with Gasteiger partial charge in [-0.25, -0.2) is 8.42 Å². The van der Waals surface area contributed by atoms with Crippen LogP contribution in [0.5, 0.6) is 0 Å². The first-order valence-corrected chi connectivity index (χ1v) is 7.70. The summed E-state index contributed by atoms with van der Waals surface area (Å²) in [6.07, 6.45) is 0.297. The number of ether oxygens (including phenoxy) is 1. The van der Waals surface area contributed by atoms with E-state index >= 15 is 0 Å². The first kappa shape index (κ1) is 15.8. The highest BCUT2D eigenvalue weighted by Gasteiger charge is 2.13. The van der Waals surface area contributed by atoms with Gasteiger partial charge in [0.2, 0.25) is 10.0 Å². The molecule has 1 N–H and O–H groups in total. The van der Waals surface area contributed by atoms with Crippen molar-refractivity contribution in [2.24, 2.45) is 0 Å². The minimum Gasteiger partial charge on any atom is -0.469 e. The number of esters is 1. The Hall–Kier alpha value is -1.27. The molecule has 0 aliphatic heterocycles. The van der Waals surface area contributed by atoms with Gasteiger partial charge in [-0.15, -0.1) is 0 Å². The molecule has 0 amide bonds. The number of hydrogen-bond donors (Lipinski definition) is 1. The number of halogens is 1. The molecule has 0 fully saturated rings. The fraction of sp³-hybridized carbons (Fsp3) is 0.417. The van der Waals surface area contributed by atoms with Gasteiger partial charge in [-0.3, -0.25) is 9.52 Å². The third-order valence-corrected chi connectivity index (χ3v) is 4.07. The van der Waals surface area contributed by atoms with Crippen LogP contribution in [0.2, 0.25) is 5.02 Å². The topological polar surface area (TPSA) is 72.5 Å². The summed E-state index contributed by atoms with van der Waals surface area (Å²) in [6.45, 7) is 1.76. The fourth-order valence-corrected chi connectivity index (χ4v) is 2.89. The van der Waals surface area contributed by atoms with Gasteiger partial charge in [0.15, 0.2) is 0 Å². The number of benzene rings is 1. The predicted octanol–water partition coefficient (Wildman–Crippen LogP) is 2.34. The van der Waals surface area contributed by atoms with Crippen molar-refractivity contribution in [2.45, 2.75) is 19.8 Å². The third-order valence-electron chi connectivity index (χ3n) is 2.48. The van der Waals surface area contributed by atoms with Crippen LogP contribution in [0.3, 0.4) is 0 Å². The van der Waals surface area contributed by atoms with E-state index in [0.29, 0.717) is 10.7 Å². The summed E-state index contributed by atoms with van der Waals surface area (Å²) in [5.41, 5.74) is 1.23. The second-order valence-electron chi connectivity index (χ2n) is 4.06. The van der Waals surface area contributed by atoms with Crippen molar-refractivity contribution >= 4 is 33.3 Å². The monoisotopic (exact) mass is 305 g/mol. The number of aryl methyl sites for hydroxylation is 1. The molecule has 0 spiro atoms. The zero-order valence-corrected chi connectivity index (χ0v) is 12.3. The molecular weight excluding hydrogens is 290 g/mol. The van der Waals surface area contributed by atoms with Crippen LogP contribution >= 0.6 is 11.6 Å². The van der Waals surface area contributed by atoms with Gasteiger partial charge in [-0.05, 0) is 37.1 Å². The van der Waals surface area contributed by atoms with E-state index in [1.807, 2.05) is 0 Å². The van der Waals surface area contributed by atoms with Crippen LogP contribution in [0.1, 0.15) is 18.4 Å². The minimum absolute atomic E-state index is 0.0804. The Morgan fingerprint density at radius 3 is 2.68 bits per heavy atom. The first-order chi connectivity index (χ1) is 8.84. The Balaban J connectivity index is 2.61. The van der Waals surface area contributed by atoms with E-state index in [4.69, 9.17) is 11.6 Å². The van der Waals surface area contributed by atoms with Crippen LogP contribution in [0, 0.1) is 6.92 Å². The lowest BCUT2D eigenvalue weighted by Crippen LogP contribution is -2.18. The summed E-state index contributed by atoms with van der Waals surface area (Å²) < 4.78 is 30.5. The number of sulfonamides is 1. The number of methoxy groups -OCH3 is 1. The van der Waals surface area contributed by atoms with Crippen LogP contribution in [0.4, 0.5) is 5.69 Å². The normalized spacial score (nSPS) is 11.1. The van der Waals surface area contributed by atoms with Crippen LogP contribution in [0.25, 0.3) is 0 Å². The third kappa shape index (κ3) is 5.48. The van der Waals surface area contributed by atoms with Crippen LogP contribution in [-0.2, 0) is 19.6 Å². The van der Waals surface area contributed by atoms with Gasteiger partial charge in [0, 0.05) is 11.4 Å². The molecule has 0 atom stereocenters. The smallest absolute Gasteiger partial charge is 0.305 e. The SMILES string of the molecule is COC(=O)CCCS(=O)(=O)Nc1ccc(Cl)cc1C. The molecule has 1 rings (SSSR count). The Morgan fingerprint density at radius 1 is 1.42 bits per heavy atom. The summed E-state index contributed by atoms with van der Waals surface area (Å²) >= 11 is 5.79. The summed E-state index contributed by atoms with van der Waals surface area (Å²) in [5, 5.41) is 0.547. The number of nitrogens with one attached hydrogen (secondary N) is 1. The van der Waals surface area contributed by atoms with Crippen LogP contribution in [0.15, 0.2) is 18.2 Å². The molecule has 106 valence electrons. The largest absolute Gasteiger partial charge is 0.469 e. The number of hydrogen-bond acceptors (Lipinski definition) is 4. The highest BCUT2D eigenvalue weighted by Crippen LogP contribution is 2.20. The summed E-state index contributed by atoms with van der Waals surface area (Å²) in [6, 6.07) is 4.89. The summed E-state index contributed by atoms with van der Waals surface area (Å²) in [7, 11) is -2.20. The van der Waals surface area contributed by atoms with Gasteiger partial charge >= 0.3 is 5.97 Å². The average Bonchev–Trinajstić information content (AvgIpc) is 2.32. The van der Waals surface area contributed by atoms with Crippen molar-refractivity contribution in [3.05, 3.63) is 28.8 Å². The molecular formula is C12H16ClNO4S. The highest BCUT2D eigenvalue weighted by molar-refractivity contribution is 7.92. The van der Waals surface area contributed by atoms with Crippen molar-refractivity contribution in [3.8, 4) is 0 Å². The second kappa shape index (κ2) is 6.77. The molecule has 1 aromatic rings. The molecule has 0 aliphatic carbocycles. The molecule has 0 radical (unpaired) electrons. The van der Waals surface area contributed by atoms with E-state index in [2.05, 4.69) is 9.46 Å². The second-order valence-corrected chi connectivity index (χ2v) is 6.34. The fourth-order valence-electron chi connectivity index (χ4n) is 1.47. The molecule has 19 heavy (non-hydrogen) atoms. The first-order valence-electron chi connectivity index (χ1n) is 5.67. The van der Waals surface area contributed by atoms with Crippen molar-refractivity contribution in [3.63, 3.8) is 0 Å². The Labute approximate surface area is 118 Å². The molecule has 0 aromatic heterocycles. The molecule has 1 aromatic carbocycles. The summed E-state index contributed by atoms with van der Waals surface area (Å²) in [5.74, 6) is -0.553. The maximum absolute atomic E-state index is 11.8. The minimum atomic E-state index is -3.47. The van der Waals surface area contributed by atoms with Crippen molar-refractivity contribution in [2.75, 3.05) is 17.6 Å². The molecule has 0 unspecified atom stereocenters. The van der Waals surface area contributed by atoms with E-state index < -0.39 is 16.0 Å². The Kier molecular flexibility index (Phi) is 5.62. The van der Waals surface area contributed by atoms with Crippen molar-refractivity contribution in [1.82, 2.24) is 0 Å². The molecule has 7 heteroatoms. The predicted molar refractivity (Wildman–Crippen MR) is 74.8 cm³/mol. The number of anilines is 1. The quantitative estimate of drug-likeness (QED) is 0.819. The molecule has 5 nitrogen and oxygen atoms in total. The molecule has 0 heterocycles. The zero-order chi connectivity index (χ0) is 14.5. The molecule has 0 saturated heterocycles. The lowest BCUT2D eigenvalue weighted by Gasteiger charge is -2.10. The van der Waals surface area contributed by atoms with Crippen LogP contribution < -0.4 is 4.72 Å². The van der Waals surface area contributed by atoms with Gasteiger partial charge in [0.25, 0.3) is 0 Å². The van der Waals surface area contributed by atoms with E-state index in [-0.39, 0.29) is 18.6 Å². The lowest BCUT2D eigenvalue weighted by atomic mass is 10.2.